The molecule has 3 amide bonds. The van der Waals surface area contributed by atoms with E-state index in [4.69, 9.17) is 10.5 Å². The van der Waals surface area contributed by atoms with Crippen molar-refractivity contribution in [3.63, 3.8) is 0 Å². The van der Waals surface area contributed by atoms with Gasteiger partial charge in [0.1, 0.15) is 19.3 Å². The summed E-state index contributed by atoms with van der Waals surface area (Å²) in [5.74, 6) is 4.97. The highest BCUT2D eigenvalue weighted by Gasteiger charge is 2.31. The van der Waals surface area contributed by atoms with Crippen molar-refractivity contribution in [2.75, 3.05) is 19.8 Å². The minimum Gasteiger partial charge on any atom is -0.447 e. The van der Waals surface area contributed by atoms with Crippen molar-refractivity contribution < 1.29 is 23.9 Å². The smallest absolute Gasteiger partial charge is 0.404 e. The van der Waals surface area contributed by atoms with Gasteiger partial charge in [-0.25, -0.2) is 9.59 Å². The summed E-state index contributed by atoms with van der Waals surface area (Å²) in [6.45, 7) is 0.294. The van der Waals surface area contributed by atoms with Gasteiger partial charge < -0.3 is 15.2 Å². The molecule has 10 nitrogen and oxygen atoms in total. The normalized spacial score (nSPS) is 16.2. The number of carbonyl (C=O) groups excluding carboxylic acids is 3. The highest BCUT2D eigenvalue weighted by atomic mass is 16.6. The van der Waals surface area contributed by atoms with E-state index >= 15 is 0 Å². The molecule has 0 radical (unpaired) electrons. The van der Waals surface area contributed by atoms with Crippen molar-refractivity contribution in [2.45, 2.75) is 18.9 Å². The third kappa shape index (κ3) is 4.30. The number of ether oxygens (including phenoxy) is 2. The van der Waals surface area contributed by atoms with Gasteiger partial charge in [-0.2, -0.15) is 0 Å². The van der Waals surface area contributed by atoms with Crippen LogP contribution in [0.5, 0.6) is 0 Å². The van der Waals surface area contributed by atoms with Crippen LogP contribution < -0.4 is 16.7 Å². The van der Waals surface area contributed by atoms with Crippen molar-refractivity contribution in [3.05, 3.63) is 34.2 Å². The highest BCUT2D eigenvalue weighted by molar-refractivity contribution is 6.00. The zero-order valence-corrected chi connectivity index (χ0v) is 15.8. The number of hydrogen-bond acceptors (Lipinski definition) is 6. The molecule has 1 aromatic heterocycles. The van der Waals surface area contributed by atoms with Gasteiger partial charge in [-0.05, 0) is 18.6 Å². The van der Waals surface area contributed by atoms with Crippen LogP contribution in [0.3, 0.4) is 0 Å². The molecule has 3 N–H and O–H groups in total. The van der Waals surface area contributed by atoms with Crippen molar-refractivity contribution in [3.8, 4) is 11.8 Å². The maximum atomic E-state index is 12.8. The van der Waals surface area contributed by atoms with Gasteiger partial charge in [0.25, 0.3) is 0 Å². The molecule has 2 heterocycles. The van der Waals surface area contributed by atoms with Gasteiger partial charge in [0.05, 0.1) is 23.2 Å². The first kappa shape index (κ1) is 20.2. The average Bonchev–Trinajstić information content (AvgIpc) is 2.92. The summed E-state index contributed by atoms with van der Waals surface area (Å²) in [5.41, 5.74) is 6.24. The minimum absolute atomic E-state index is 0.0376. The van der Waals surface area contributed by atoms with Crippen molar-refractivity contribution in [1.29, 1.82) is 0 Å². The molecule has 1 aliphatic heterocycles. The number of aryl methyl sites for hydroxylation is 1. The summed E-state index contributed by atoms with van der Waals surface area (Å²) in [6, 6.07) is 4.50. The number of carbonyl (C=O) groups is 3. The minimum atomic E-state index is -0.868. The number of para-hydroxylation sites is 1. The Hall–Kier alpha value is -3.58. The summed E-state index contributed by atoms with van der Waals surface area (Å²) in [5, 5.41) is 2.28. The van der Waals surface area contributed by atoms with Crippen molar-refractivity contribution in [1.82, 2.24) is 14.5 Å². The van der Waals surface area contributed by atoms with Crippen LogP contribution in [-0.2, 0) is 26.1 Å². The van der Waals surface area contributed by atoms with Gasteiger partial charge in [0.15, 0.2) is 0 Å². The van der Waals surface area contributed by atoms with E-state index in [1.807, 2.05) is 0 Å². The lowest BCUT2D eigenvalue weighted by molar-refractivity contribution is -0.135. The third-order valence-electron chi connectivity index (χ3n) is 4.49. The number of imide groups is 1. The standard InChI is InChI=1S/C19H20N4O6/c1-22-16-12(5-3-9-28-10-11-29-18(20)26)4-2-6-13(16)23(19(22)27)14-7-8-15(24)21-17(14)25/h2,4,6,14H,7-11H2,1H3,(H2,20,26)(H,21,24,25). The lowest BCUT2D eigenvalue weighted by atomic mass is 10.1. The van der Waals surface area contributed by atoms with E-state index in [1.165, 1.54) is 9.13 Å². The summed E-state index contributed by atoms with van der Waals surface area (Å²) in [7, 11) is 1.61. The third-order valence-corrected chi connectivity index (χ3v) is 4.49. The van der Waals surface area contributed by atoms with Gasteiger partial charge in [0.2, 0.25) is 11.8 Å². The lowest BCUT2D eigenvalue weighted by Gasteiger charge is -2.21. The Morgan fingerprint density at radius 1 is 1.31 bits per heavy atom. The number of piperidine rings is 1. The van der Waals surface area contributed by atoms with E-state index in [0.29, 0.717) is 16.6 Å². The van der Waals surface area contributed by atoms with Gasteiger partial charge in [-0.15, -0.1) is 0 Å². The zero-order valence-electron chi connectivity index (χ0n) is 15.8. The number of amides is 3. The Balaban J connectivity index is 1.84. The van der Waals surface area contributed by atoms with Crippen LogP contribution in [-0.4, -0.2) is 46.9 Å². The molecule has 0 aliphatic carbocycles. The molecule has 0 spiro atoms. The second-order valence-electron chi connectivity index (χ2n) is 6.37. The van der Waals surface area contributed by atoms with Crippen LogP contribution in [0.15, 0.2) is 23.0 Å². The largest absolute Gasteiger partial charge is 0.447 e. The van der Waals surface area contributed by atoms with E-state index in [0.717, 1.165) is 0 Å². The van der Waals surface area contributed by atoms with Crippen LogP contribution >= 0.6 is 0 Å². The molecule has 1 unspecified atom stereocenters. The van der Waals surface area contributed by atoms with Crippen molar-refractivity contribution in [2.24, 2.45) is 12.8 Å². The summed E-state index contributed by atoms with van der Waals surface area (Å²) >= 11 is 0. The molecule has 152 valence electrons. The highest BCUT2D eigenvalue weighted by Crippen LogP contribution is 2.24. The number of rotatable bonds is 5. The Labute approximate surface area is 165 Å². The number of benzene rings is 1. The molecule has 3 rings (SSSR count). The fraction of sp³-hybridized carbons (Fsp3) is 0.368. The molecule has 1 atom stereocenters. The Morgan fingerprint density at radius 2 is 2.10 bits per heavy atom. The zero-order chi connectivity index (χ0) is 21.0. The molecule has 0 saturated carbocycles. The molecular formula is C19H20N4O6. The molecule has 2 aromatic rings. The van der Waals surface area contributed by atoms with Crippen molar-refractivity contribution >= 4 is 28.9 Å². The quantitative estimate of drug-likeness (QED) is 0.405. The maximum Gasteiger partial charge on any atom is 0.404 e. The number of primary amides is 1. The van der Waals surface area contributed by atoms with Gasteiger partial charge >= 0.3 is 11.8 Å². The Morgan fingerprint density at radius 3 is 2.83 bits per heavy atom. The SMILES string of the molecule is Cn1c(=O)n(C2CCC(=O)NC2=O)c2cccc(C#CCOCCOC(N)=O)c21. The number of nitrogens with one attached hydrogen (secondary N) is 1. The number of nitrogens with zero attached hydrogens (tertiary/aromatic N) is 2. The van der Waals surface area contributed by atoms with Gasteiger partial charge in [0, 0.05) is 13.5 Å². The first-order chi connectivity index (χ1) is 13.9. The molecule has 1 fully saturated rings. The summed E-state index contributed by atoms with van der Waals surface area (Å²) < 4.78 is 12.6. The van der Waals surface area contributed by atoms with Crippen LogP contribution in [0.25, 0.3) is 11.0 Å². The first-order valence-corrected chi connectivity index (χ1v) is 8.92. The fourth-order valence-electron chi connectivity index (χ4n) is 3.22. The topological polar surface area (TPSA) is 135 Å². The second kappa shape index (κ2) is 8.62. The van der Waals surface area contributed by atoms with E-state index in [1.54, 1.807) is 25.2 Å². The van der Waals surface area contributed by atoms with Crippen LogP contribution in [0.1, 0.15) is 24.4 Å². The molecule has 1 aliphatic rings. The van der Waals surface area contributed by atoms with Crippen LogP contribution in [0, 0.1) is 11.8 Å². The van der Waals surface area contributed by atoms with E-state index in [9.17, 15) is 19.2 Å². The number of nitrogens with two attached hydrogens (primary N) is 1. The lowest BCUT2D eigenvalue weighted by Crippen LogP contribution is -2.44. The monoisotopic (exact) mass is 400 g/mol. The summed E-state index contributed by atoms with van der Waals surface area (Å²) in [6.07, 6.45) is -0.427. The van der Waals surface area contributed by atoms with Crippen LogP contribution in [0.2, 0.25) is 0 Å². The first-order valence-electron chi connectivity index (χ1n) is 8.92. The molecule has 0 bridgehead atoms. The maximum absolute atomic E-state index is 12.8. The average molecular weight is 400 g/mol. The van der Waals surface area contributed by atoms with E-state index < -0.39 is 18.0 Å². The second-order valence-corrected chi connectivity index (χ2v) is 6.37. The molecule has 1 saturated heterocycles. The molecule has 29 heavy (non-hydrogen) atoms. The number of fused-ring (bicyclic) bond motifs is 1. The Bertz CT molecular complexity index is 1090. The molecule has 10 heteroatoms. The molecule has 1 aromatic carbocycles. The number of imidazole rings is 1. The van der Waals surface area contributed by atoms with Gasteiger partial charge in [-0.1, -0.05) is 17.9 Å². The number of hydrogen-bond donors (Lipinski definition) is 2. The van der Waals surface area contributed by atoms with Gasteiger partial charge in [-0.3, -0.25) is 24.0 Å². The Kier molecular flexibility index (Phi) is 5.99. The van der Waals surface area contributed by atoms with E-state index in [-0.39, 0.29) is 44.3 Å². The number of aromatic nitrogens is 2. The predicted molar refractivity (Wildman–Crippen MR) is 102 cm³/mol. The predicted octanol–water partition coefficient (Wildman–Crippen LogP) is -0.219. The summed E-state index contributed by atoms with van der Waals surface area (Å²) in [4.78, 5) is 46.9. The molecular weight excluding hydrogens is 380 g/mol. The van der Waals surface area contributed by atoms with Crippen LogP contribution in [0.4, 0.5) is 4.79 Å². The fourth-order valence-corrected chi connectivity index (χ4v) is 3.22. The van der Waals surface area contributed by atoms with E-state index in [2.05, 4.69) is 21.9 Å².